The summed E-state index contributed by atoms with van der Waals surface area (Å²) in [6.45, 7) is 8.80. The van der Waals surface area contributed by atoms with E-state index in [-0.39, 0.29) is 0 Å². The molecule has 0 radical (unpaired) electrons. The van der Waals surface area contributed by atoms with Gasteiger partial charge in [0.15, 0.2) is 0 Å². The molecule has 1 saturated heterocycles. The van der Waals surface area contributed by atoms with Gasteiger partial charge in [-0.05, 0) is 46.3 Å². The standard InChI is InChI=1S/C12H21N3S/c1-9-12(16-10(2)14-9)7-13-6-11-4-5-15(3)8-11/h11,13H,4-8H2,1-3H3. The van der Waals surface area contributed by atoms with Gasteiger partial charge in [-0.2, -0.15) is 0 Å². The molecule has 3 nitrogen and oxygen atoms in total. The van der Waals surface area contributed by atoms with Crippen molar-refractivity contribution in [3.63, 3.8) is 0 Å². The van der Waals surface area contributed by atoms with E-state index in [9.17, 15) is 0 Å². The van der Waals surface area contributed by atoms with E-state index in [1.165, 1.54) is 35.1 Å². The predicted molar refractivity (Wildman–Crippen MR) is 68.9 cm³/mol. The first-order valence-corrected chi connectivity index (χ1v) is 6.79. The Bertz CT molecular complexity index is 348. The van der Waals surface area contributed by atoms with Crippen LogP contribution in [0.3, 0.4) is 0 Å². The lowest BCUT2D eigenvalue weighted by Crippen LogP contribution is -2.24. The van der Waals surface area contributed by atoms with Crippen LogP contribution < -0.4 is 5.32 Å². The average molecular weight is 239 g/mol. The lowest BCUT2D eigenvalue weighted by Gasteiger charge is -2.11. The molecule has 0 bridgehead atoms. The highest BCUT2D eigenvalue weighted by atomic mass is 32.1. The largest absolute Gasteiger partial charge is 0.311 e. The molecule has 1 fully saturated rings. The Balaban J connectivity index is 1.74. The maximum absolute atomic E-state index is 4.44. The third-order valence-electron chi connectivity index (χ3n) is 3.21. The summed E-state index contributed by atoms with van der Waals surface area (Å²) in [6, 6.07) is 0. The summed E-state index contributed by atoms with van der Waals surface area (Å²) < 4.78 is 0. The minimum atomic E-state index is 0.833. The lowest BCUT2D eigenvalue weighted by atomic mass is 10.1. The van der Waals surface area contributed by atoms with Crippen molar-refractivity contribution in [2.45, 2.75) is 26.8 Å². The molecule has 0 aromatic carbocycles. The van der Waals surface area contributed by atoms with Gasteiger partial charge in [0.25, 0.3) is 0 Å². The summed E-state index contributed by atoms with van der Waals surface area (Å²) in [7, 11) is 2.21. The van der Waals surface area contributed by atoms with Gasteiger partial charge in [-0.25, -0.2) is 4.98 Å². The van der Waals surface area contributed by atoms with E-state index in [4.69, 9.17) is 0 Å². The molecule has 4 heteroatoms. The zero-order chi connectivity index (χ0) is 11.5. The highest BCUT2D eigenvalue weighted by Gasteiger charge is 2.18. The number of hydrogen-bond donors (Lipinski definition) is 1. The van der Waals surface area contributed by atoms with Gasteiger partial charge in [-0.1, -0.05) is 0 Å². The second-order valence-corrected chi connectivity index (χ2v) is 6.08. The van der Waals surface area contributed by atoms with Crippen molar-refractivity contribution in [1.29, 1.82) is 0 Å². The average Bonchev–Trinajstić information content (AvgIpc) is 2.74. The molecule has 1 atom stereocenters. The van der Waals surface area contributed by atoms with E-state index < -0.39 is 0 Å². The number of aryl methyl sites for hydroxylation is 2. The van der Waals surface area contributed by atoms with Gasteiger partial charge in [0.2, 0.25) is 0 Å². The third kappa shape index (κ3) is 3.03. The number of nitrogens with zero attached hydrogens (tertiary/aromatic N) is 2. The van der Waals surface area contributed by atoms with Gasteiger partial charge in [-0.15, -0.1) is 11.3 Å². The fraction of sp³-hybridized carbons (Fsp3) is 0.750. The van der Waals surface area contributed by atoms with Crippen molar-refractivity contribution in [2.24, 2.45) is 5.92 Å². The third-order valence-corrected chi connectivity index (χ3v) is 4.28. The summed E-state index contributed by atoms with van der Waals surface area (Å²) in [5, 5.41) is 4.74. The van der Waals surface area contributed by atoms with Crippen LogP contribution in [0.2, 0.25) is 0 Å². The Kier molecular flexibility index (Phi) is 3.95. The zero-order valence-corrected chi connectivity index (χ0v) is 11.2. The Labute approximate surface area is 102 Å². The molecule has 1 aliphatic heterocycles. The number of hydrogen-bond acceptors (Lipinski definition) is 4. The first kappa shape index (κ1) is 12.0. The van der Waals surface area contributed by atoms with E-state index in [0.29, 0.717) is 0 Å². The van der Waals surface area contributed by atoms with Gasteiger partial charge in [0, 0.05) is 18.0 Å². The molecular formula is C12H21N3S. The van der Waals surface area contributed by atoms with E-state index >= 15 is 0 Å². The first-order chi connectivity index (χ1) is 7.65. The molecule has 2 heterocycles. The van der Waals surface area contributed by atoms with Gasteiger partial charge in [0.05, 0.1) is 10.7 Å². The Morgan fingerprint density at radius 1 is 1.50 bits per heavy atom. The smallest absolute Gasteiger partial charge is 0.0900 e. The van der Waals surface area contributed by atoms with E-state index in [1.807, 2.05) is 11.3 Å². The van der Waals surface area contributed by atoms with Gasteiger partial charge in [0.1, 0.15) is 0 Å². The van der Waals surface area contributed by atoms with Gasteiger partial charge < -0.3 is 10.2 Å². The van der Waals surface area contributed by atoms with Crippen molar-refractivity contribution < 1.29 is 0 Å². The molecule has 0 amide bonds. The maximum Gasteiger partial charge on any atom is 0.0900 e. The number of likely N-dealkylation sites (tertiary alicyclic amines) is 1. The SMILES string of the molecule is Cc1nc(C)c(CNCC2CCN(C)C2)s1. The molecule has 1 aliphatic rings. The minimum absolute atomic E-state index is 0.833. The van der Waals surface area contributed by atoms with Crippen LogP contribution >= 0.6 is 11.3 Å². The minimum Gasteiger partial charge on any atom is -0.311 e. The molecule has 2 rings (SSSR count). The van der Waals surface area contributed by atoms with Crippen molar-refractivity contribution >= 4 is 11.3 Å². The quantitative estimate of drug-likeness (QED) is 0.868. The number of aromatic nitrogens is 1. The molecule has 1 N–H and O–H groups in total. The van der Waals surface area contributed by atoms with Crippen LogP contribution in [-0.4, -0.2) is 36.6 Å². The van der Waals surface area contributed by atoms with Crippen LogP contribution in [0, 0.1) is 19.8 Å². The Morgan fingerprint density at radius 2 is 2.31 bits per heavy atom. The van der Waals surface area contributed by atoms with E-state index in [2.05, 4.69) is 36.1 Å². The summed E-state index contributed by atoms with van der Waals surface area (Å²) in [4.78, 5) is 8.25. The molecule has 0 aliphatic carbocycles. The van der Waals surface area contributed by atoms with Crippen LogP contribution in [-0.2, 0) is 6.54 Å². The highest BCUT2D eigenvalue weighted by molar-refractivity contribution is 7.11. The van der Waals surface area contributed by atoms with E-state index in [1.54, 1.807) is 0 Å². The van der Waals surface area contributed by atoms with Crippen molar-refractivity contribution in [3.05, 3.63) is 15.6 Å². The number of nitrogens with one attached hydrogen (secondary N) is 1. The summed E-state index contributed by atoms with van der Waals surface area (Å²) >= 11 is 1.81. The molecular weight excluding hydrogens is 218 g/mol. The molecule has 1 aromatic heterocycles. The van der Waals surface area contributed by atoms with Crippen LogP contribution in [0.25, 0.3) is 0 Å². The van der Waals surface area contributed by atoms with E-state index in [0.717, 1.165) is 19.0 Å². The first-order valence-electron chi connectivity index (χ1n) is 5.97. The summed E-state index contributed by atoms with van der Waals surface area (Å²) in [5.41, 5.74) is 1.19. The van der Waals surface area contributed by atoms with Crippen molar-refractivity contribution in [3.8, 4) is 0 Å². The number of rotatable bonds is 4. The second kappa shape index (κ2) is 5.25. The Hall–Kier alpha value is -0.450. The Morgan fingerprint density at radius 3 is 2.88 bits per heavy atom. The second-order valence-electron chi connectivity index (χ2n) is 4.79. The van der Waals surface area contributed by atoms with Gasteiger partial charge in [-0.3, -0.25) is 0 Å². The van der Waals surface area contributed by atoms with Crippen LogP contribution in [0.4, 0.5) is 0 Å². The predicted octanol–water partition coefficient (Wildman–Crippen LogP) is 1.80. The summed E-state index contributed by atoms with van der Waals surface area (Å²) in [5.74, 6) is 0.833. The molecule has 90 valence electrons. The van der Waals surface area contributed by atoms with Gasteiger partial charge >= 0.3 is 0 Å². The molecule has 16 heavy (non-hydrogen) atoms. The normalized spacial score (nSPS) is 21.8. The van der Waals surface area contributed by atoms with Crippen molar-refractivity contribution in [2.75, 3.05) is 26.7 Å². The van der Waals surface area contributed by atoms with Crippen LogP contribution in [0.15, 0.2) is 0 Å². The fourth-order valence-corrected chi connectivity index (χ4v) is 3.23. The highest BCUT2D eigenvalue weighted by Crippen LogP contribution is 2.17. The zero-order valence-electron chi connectivity index (χ0n) is 10.4. The number of thiazole rings is 1. The summed E-state index contributed by atoms with van der Waals surface area (Å²) in [6.07, 6.45) is 1.34. The molecule has 0 spiro atoms. The monoisotopic (exact) mass is 239 g/mol. The lowest BCUT2D eigenvalue weighted by molar-refractivity contribution is 0.388. The van der Waals surface area contributed by atoms with Crippen LogP contribution in [0.5, 0.6) is 0 Å². The molecule has 1 aromatic rings. The fourth-order valence-electron chi connectivity index (χ4n) is 2.32. The van der Waals surface area contributed by atoms with Crippen molar-refractivity contribution in [1.82, 2.24) is 15.2 Å². The molecule has 1 unspecified atom stereocenters. The maximum atomic E-state index is 4.44. The van der Waals surface area contributed by atoms with Crippen LogP contribution in [0.1, 0.15) is 22.0 Å². The topological polar surface area (TPSA) is 28.2 Å². The molecule has 0 saturated carbocycles.